The molecular weight excluding hydrogens is 342 g/mol. The van der Waals surface area contributed by atoms with E-state index < -0.39 is 0 Å². The molecule has 0 saturated carbocycles. The minimum absolute atomic E-state index is 0.113. The Morgan fingerprint density at radius 2 is 1.77 bits per heavy atom. The van der Waals surface area contributed by atoms with Gasteiger partial charge in [-0.1, -0.05) is 48.5 Å². The van der Waals surface area contributed by atoms with Gasteiger partial charge in [-0.25, -0.2) is 4.98 Å². The highest BCUT2D eigenvalue weighted by Gasteiger charge is 2.06. The molecule has 0 unspecified atom stereocenters. The molecule has 0 spiro atoms. The third kappa shape index (κ3) is 5.49. The van der Waals surface area contributed by atoms with Crippen LogP contribution >= 0.6 is 11.8 Å². The number of thioether (sulfide) groups is 1. The zero-order valence-corrected chi connectivity index (χ0v) is 15.5. The van der Waals surface area contributed by atoms with Crippen molar-refractivity contribution in [1.29, 1.82) is 0 Å². The number of rotatable bonds is 9. The number of carbonyl (C=O) groups is 1. The summed E-state index contributed by atoms with van der Waals surface area (Å²) in [6, 6.07) is 20.3. The van der Waals surface area contributed by atoms with Gasteiger partial charge in [-0.15, -0.1) is 11.8 Å². The molecule has 0 radical (unpaired) electrons. The first-order chi connectivity index (χ1) is 12.8. The fourth-order valence-electron chi connectivity index (χ4n) is 2.68. The molecule has 1 heterocycles. The number of hydrogen-bond donors (Lipinski definition) is 1. The fourth-order valence-corrected chi connectivity index (χ4v) is 3.55. The van der Waals surface area contributed by atoms with Gasteiger partial charge in [0.2, 0.25) is 5.91 Å². The number of aromatic nitrogens is 2. The number of carbonyl (C=O) groups excluding carboxylic acids is 1. The van der Waals surface area contributed by atoms with Crippen molar-refractivity contribution in [2.75, 3.05) is 12.3 Å². The highest BCUT2D eigenvalue weighted by Crippen LogP contribution is 2.18. The Morgan fingerprint density at radius 1 is 1.04 bits per heavy atom. The highest BCUT2D eigenvalue weighted by atomic mass is 32.2. The van der Waals surface area contributed by atoms with Crippen molar-refractivity contribution < 1.29 is 4.79 Å². The van der Waals surface area contributed by atoms with Gasteiger partial charge in [0, 0.05) is 48.1 Å². The van der Waals surface area contributed by atoms with E-state index in [4.69, 9.17) is 0 Å². The lowest BCUT2D eigenvalue weighted by atomic mass is 10.2. The van der Waals surface area contributed by atoms with Gasteiger partial charge in [0.05, 0.1) is 0 Å². The first kappa shape index (κ1) is 18.3. The van der Waals surface area contributed by atoms with Gasteiger partial charge in [0.25, 0.3) is 0 Å². The monoisotopic (exact) mass is 365 g/mol. The molecule has 0 aliphatic rings. The third-order valence-electron chi connectivity index (χ3n) is 3.99. The molecule has 1 aromatic heterocycles. The van der Waals surface area contributed by atoms with Crippen LogP contribution in [-0.4, -0.2) is 27.8 Å². The van der Waals surface area contributed by atoms with Crippen molar-refractivity contribution in [3.63, 3.8) is 0 Å². The SMILES string of the molecule is O=C(CCSc1ccccc1)NCCCn1ccnc1-c1ccccc1. The van der Waals surface area contributed by atoms with Crippen LogP contribution < -0.4 is 5.32 Å². The van der Waals surface area contributed by atoms with Crippen molar-refractivity contribution in [2.45, 2.75) is 24.3 Å². The first-order valence-corrected chi connectivity index (χ1v) is 9.82. The van der Waals surface area contributed by atoms with E-state index in [9.17, 15) is 4.79 Å². The zero-order chi connectivity index (χ0) is 18.0. The lowest BCUT2D eigenvalue weighted by Crippen LogP contribution is -2.25. The molecule has 26 heavy (non-hydrogen) atoms. The van der Waals surface area contributed by atoms with E-state index >= 15 is 0 Å². The smallest absolute Gasteiger partial charge is 0.220 e. The minimum Gasteiger partial charge on any atom is -0.356 e. The van der Waals surface area contributed by atoms with Crippen LogP contribution in [0.15, 0.2) is 78.0 Å². The maximum Gasteiger partial charge on any atom is 0.220 e. The first-order valence-electron chi connectivity index (χ1n) is 8.84. The summed E-state index contributed by atoms with van der Waals surface area (Å²) < 4.78 is 2.13. The molecule has 4 nitrogen and oxygen atoms in total. The summed E-state index contributed by atoms with van der Waals surface area (Å²) in [4.78, 5) is 17.6. The van der Waals surface area contributed by atoms with E-state index in [1.54, 1.807) is 11.8 Å². The second-order valence-electron chi connectivity index (χ2n) is 5.93. The second kappa shape index (κ2) is 9.82. The normalized spacial score (nSPS) is 10.6. The Hall–Kier alpha value is -2.53. The lowest BCUT2D eigenvalue weighted by molar-refractivity contribution is -0.120. The maximum atomic E-state index is 11.9. The molecule has 0 saturated heterocycles. The van der Waals surface area contributed by atoms with E-state index in [1.165, 1.54) is 4.90 Å². The van der Waals surface area contributed by atoms with Crippen molar-refractivity contribution >= 4 is 17.7 Å². The van der Waals surface area contributed by atoms with Crippen LogP contribution in [0.3, 0.4) is 0 Å². The third-order valence-corrected chi connectivity index (χ3v) is 5.00. The second-order valence-corrected chi connectivity index (χ2v) is 7.09. The number of nitrogens with zero attached hydrogens (tertiary/aromatic N) is 2. The van der Waals surface area contributed by atoms with Crippen LogP contribution in [0, 0.1) is 0 Å². The lowest BCUT2D eigenvalue weighted by Gasteiger charge is -2.09. The van der Waals surface area contributed by atoms with Crippen LogP contribution in [0.2, 0.25) is 0 Å². The summed E-state index contributed by atoms with van der Waals surface area (Å²) in [6.45, 7) is 1.52. The standard InChI is InChI=1S/C21H23N3OS/c25-20(12-17-26-19-10-5-2-6-11-19)22-13-7-15-24-16-14-23-21(24)18-8-3-1-4-9-18/h1-6,8-11,14,16H,7,12-13,15,17H2,(H,22,25). The number of nitrogens with one attached hydrogen (secondary N) is 1. The van der Waals surface area contributed by atoms with Crippen molar-refractivity contribution in [1.82, 2.24) is 14.9 Å². The number of imidazole rings is 1. The van der Waals surface area contributed by atoms with E-state index in [-0.39, 0.29) is 5.91 Å². The summed E-state index contributed by atoms with van der Waals surface area (Å²) in [7, 11) is 0. The van der Waals surface area contributed by atoms with Crippen LogP contribution in [0.25, 0.3) is 11.4 Å². The molecule has 0 bridgehead atoms. The van der Waals surface area contributed by atoms with Gasteiger partial charge in [-0.05, 0) is 18.6 Å². The quantitative estimate of drug-likeness (QED) is 0.456. The van der Waals surface area contributed by atoms with E-state index in [2.05, 4.69) is 39.1 Å². The summed E-state index contributed by atoms with van der Waals surface area (Å²) in [5.41, 5.74) is 1.11. The van der Waals surface area contributed by atoms with Gasteiger partial charge < -0.3 is 9.88 Å². The molecule has 0 atom stereocenters. The summed E-state index contributed by atoms with van der Waals surface area (Å²) >= 11 is 1.71. The summed E-state index contributed by atoms with van der Waals surface area (Å²) in [5, 5.41) is 3.00. The molecule has 1 N–H and O–H groups in total. The Morgan fingerprint density at radius 3 is 2.54 bits per heavy atom. The number of hydrogen-bond acceptors (Lipinski definition) is 3. The number of benzene rings is 2. The average molecular weight is 366 g/mol. The molecular formula is C21H23N3OS. The molecule has 3 rings (SSSR count). The Balaban J connectivity index is 1.36. The van der Waals surface area contributed by atoms with Crippen LogP contribution in [0.1, 0.15) is 12.8 Å². The summed E-state index contributed by atoms with van der Waals surface area (Å²) in [5.74, 6) is 1.88. The van der Waals surface area contributed by atoms with Crippen LogP contribution in [0.4, 0.5) is 0 Å². The fraction of sp³-hybridized carbons (Fsp3) is 0.238. The predicted molar refractivity (Wildman–Crippen MR) is 107 cm³/mol. The van der Waals surface area contributed by atoms with Gasteiger partial charge >= 0.3 is 0 Å². The Labute approximate surface area is 158 Å². The van der Waals surface area contributed by atoms with E-state index in [1.807, 2.05) is 48.8 Å². The topological polar surface area (TPSA) is 46.9 Å². The molecule has 5 heteroatoms. The van der Waals surface area contributed by atoms with Crippen LogP contribution in [-0.2, 0) is 11.3 Å². The maximum absolute atomic E-state index is 11.9. The van der Waals surface area contributed by atoms with Crippen molar-refractivity contribution in [3.05, 3.63) is 73.1 Å². The molecule has 3 aromatic rings. The van der Waals surface area contributed by atoms with Gasteiger partial charge in [0.1, 0.15) is 5.82 Å². The van der Waals surface area contributed by atoms with E-state index in [0.717, 1.165) is 30.1 Å². The summed E-state index contributed by atoms with van der Waals surface area (Å²) in [6.07, 6.45) is 5.23. The van der Waals surface area contributed by atoms with Gasteiger partial charge in [-0.2, -0.15) is 0 Å². The molecule has 1 amide bonds. The average Bonchev–Trinajstić information content (AvgIpc) is 3.15. The molecule has 134 valence electrons. The highest BCUT2D eigenvalue weighted by molar-refractivity contribution is 7.99. The van der Waals surface area contributed by atoms with Crippen molar-refractivity contribution in [2.24, 2.45) is 0 Å². The number of amides is 1. The van der Waals surface area contributed by atoms with Crippen LogP contribution in [0.5, 0.6) is 0 Å². The number of aryl methyl sites for hydroxylation is 1. The van der Waals surface area contributed by atoms with Gasteiger partial charge in [-0.3, -0.25) is 4.79 Å². The largest absolute Gasteiger partial charge is 0.356 e. The Kier molecular flexibility index (Phi) is 6.90. The van der Waals surface area contributed by atoms with Gasteiger partial charge in [0.15, 0.2) is 0 Å². The molecule has 2 aromatic carbocycles. The minimum atomic E-state index is 0.113. The van der Waals surface area contributed by atoms with Crippen molar-refractivity contribution in [3.8, 4) is 11.4 Å². The molecule has 0 aliphatic heterocycles. The van der Waals surface area contributed by atoms with E-state index in [0.29, 0.717) is 13.0 Å². The molecule has 0 aliphatic carbocycles. The predicted octanol–water partition coefficient (Wildman–Crippen LogP) is 4.24. The molecule has 0 fully saturated rings. The Bertz CT molecular complexity index is 802. The zero-order valence-electron chi connectivity index (χ0n) is 14.7.